The van der Waals surface area contributed by atoms with Crippen LogP contribution in [0.15, 0.2) is 35.7 Å². The van der Waals surface area contributed by atoms with Crippen molar-refractivity contribution in [3.8, 4) is 11.1 Å². The van der Waals surface area contributed by atoms with Gasteiger partial charge in [-0.25, -0.2) is 9.97 Å². The van der Waals surface area contributed by atoms with E-state index in [1.807, 2.05) is 11.8 Å². The second kappa shape index (κ2) is 7.18. The van der Waals surface area contributed by atoms with Crippen LogP contribution in [0.5, 0.6) is 0 Å². The Hall–Kier alpha value is -1.63. The maximum absolute atomic E-state index is 4.90. The van der Waals surface area contributed by atoms with Crippen LogP contribution in [0.2, 0.25) is 0 Å². The van der Waals surface area contributed by atoms with Crippen molar-refractivity contribution in [2.24, 2.45) is 0 Å². The summed E-state index contributed by atoms with van der Waals surface area (Å²) >= 11 is 3.67. The van der Waals surface area contributed by atoms with Gasteiger partial charge in [0.15, 0.2) is 0 Å². The Morgan fingerprint density at radius 3 is 2.62 bits per heavy atom. The molecule has 0 aliphatic heterocycles. The van der Waals surface area contributed by atoms with Crippen molar-refractivity contribution in [1.82, 2.24) is 14.9 Å². The van der Waals surface area contributed by atoms with Gasteiger partial charge in [0.1, 0.15) is 16.5 Å². The van der Waals surface area contributed by atoms with Gasteiger partial charge in [0.05, 0.1) is 11.9 Å². The molecular formula is C20H24N4S2. The molecule has 0 spiro atoms. The molecule has 4 rings (SSSR count). The number of thioether (sulfide) groups is 1. The zero-order chi connectivity index (χ0) is 18.1. The van der Waals surface area contributed by atoms with Gasteiger partial charge in [-0.2, -0.15) is 11.8 Å². The monoisotopic (exact) mass is 384 g/mol. The first kappa shape index (κ1) is 17.8. The van der Waals surface area contributed by atoms with Crippen molar-refractivity contribution >= 4 is 39.1 Å². The first-order chi connectivity index (χ1) is 12.6. The Labute approximate surface area is 163 Å². The van der Waals surface area contributed by atoms with Gasteiger partial charge in [-0.15, -0.1) is 11.3 Å². The van der Waals surface area contributed by atoms with Crippen molar-refractivity contribution in [3.63, 3.8) is 0 Å². The fourth-order valence-corrected chi connectivity index (χ4v) is 4.83. The van der Waals surface area contributed by atoms with Crippen LogP contribution < -0.4 is 5.32 Å². The molecule has 1 saturated carbocycles. The lowest BCUT2D eigenvalue weighted by atomic mass is 10.1. The highest BCUT2D eigenvalue weighted by Gasteiger charge is 2.41. The molecule has 1 aliphatic carbocycles. The molecule has 0 atom stereocenters. The topological polar surface area (TPSA) is 41.1 Å². The molecule has 6 heteroatoms. The van der Waals surface area contributed by atoms with Crippen LogP contribution in [0.25, 0.3) is 21.3 Å². The Morgan fingerprint density at radius 2 is 1.96 bits per heavy atom. The summed E-state index contributed by atoms with van der Waals surface area (Å²) in [7, 11) is 4.11. The Morgan fingerprint density at radius 1 is 1.19 bits per heavy atom. The van der Waals surface area contributed by atoms with Crippen LogP contribution >= 0.6 is 23.1 Å². The van der Waals surface area contributed by atoms with E-state index in [1.165, 1.54) is 24.0 Å². The van der Waals surface area contributed by atoms with Crippen molar-refractivity contribution in [2.45, 2.75) is 24.1 Å². The van der Waals surface area contributed by atoms with Gasteiger partial charge < -0.3 is 10.2 Å². The first-order valence-electron chi connectivity index (χ1n) is 8.87. The normalized spacial score (nSPS) is 15.5. The van der Waals surface area contributed by atoms with E-state index >= 15 is 0 Å². The van der Waals surface area contributed by atoms with E-state index in [0.717, 1.165) is 34.9 Å². The van der Waals surface area contributed by atoms with Gasteiger partial charge in [0, 0.05) is 22.2 Å². The van der Waals surface area contributed by atoms with E-state index in [9.17, 15) is 0 Å². The number of aromatic nitrogens is 2. The third kappa shape index (κ3) is 3.59. The van der Waals surface area contributed by atoms with Crippen molar-refractivity contribution in [3.05, 3.63) is 41.5 Å². The Kier molecular flexibility index (Phi) is 4.90. The smallest absolute Gasteiger partial charge is 0.146 e. The van der Waals surface area contributed by atoms with Crippen LogP contribution in [0, 0.1) is 0 Å². The van der Waals surface area contributed by atoms with Crippen LogP contribution in [0.3, 0.4) is 0 Å². The van der Waals surface area contributed by atoms with E-state index in [-0.39, 0.29) is 0 Å². The van der Waals surface area contributed by atoms with Crippen LogP contribution in [-0.4, -0.2) is 46.5 Å². The van der Waals surface area contributed by atoms with Gasteiger partial charge in [0.25, 0.3) is 0 Å². The lowest BCUT2D eigenvalue weighted by molar-refractivity contribution is 0.391. The Bertz CT molecular complexity index is 901. The van der Waals surface area contributed by atoms with Gasteiger partial charge >= 0.3 is 0 Å². The summed E-state index contributed by atoms with van der Waals surface area (Å²) in [6.45, 7) is 1.71. The summed E-state index contributed by atoms with van der Waals surface area (Å²) in [4.78, 5) is 12.9. The van der Waals surface area contributed by atoms with Crippen molar-refractivity contribution in [1.29, 1.82) is 0 Å². The highest BCUT2D eigenvalue weighted by molar-refractivity contribution is 8.00. The van der Waals surface area contributed by atoms with E-state index < -0.39 is 0 Å². The predicted molar refractivity (Wildman–Crippen MR) is 114 cm³/mol. The summed E-state index contributed by atoms with van der Waals surface area (Å²) in [5.74, 6) is 1.85. The van der Waals surface area contributed by atoms with E-state index in [2.05, 4.69) is 66.3 Å². The van der Waals surface area contributed by atoms with Crippen LogP contribution in [0.1, 0.15) is 18.7 Å². The van der Waals surface area contributed by atoms with Crippen molar-refractivity contribution < 1.29 is 0 Å². The summed E-state index contributed by atoms with van der Waals surface area (Å²) in [5, 5.41) is 7.03. The zero-order valence-electron chi connectivity index (χ0n) is 15.5. The molecule has 0 amide bonds. The van der Waals surface area contributed by atoms with Gasteiger partial charge in [-0.05, 0) is 38.8 Å². The highest BCUT2D eigenvalue weighted by Crippen LogP contribution is 2.47. The van der Waals surface area contributed by atoms with Crippen LogP contribution in [0.4, 0.5) is 5.82 Å². The molecule has 4 nitrogen and oxygen atoms in total. The molecule has 0 unspecified atom stereocenters. The van der Waals surface area contributed by atoms with E-state index in [4.69, 9.17) is 9.97 Å². The molecule has 2 heterocycles. The molecule has 26 heavy (non-hydrogen) atoms. The number of benzene rings is 1. The third-order valence-electron chi connectivity index (χ3n) is 4.84. The highest BCUT2D eigenvalue weighted by atomic mass is 32.2. The lowest BCUT2D eigenvalue weighted by Crippen LogP contribution is -2.19. The molecule has 0 saturated heterocycles. The maximum atomic E-state index is 4.90. The largest absolute Gasteiger partial charge is 0.368 e. The molecule has 1 aromatic carbocycles. The van der Waals surface area contributed by atoms with E-state index in [0.29, 0.717) is 4.75 Å². The van der Waals surface area contributed by atoms with E-state index in [1.54, 1.807) is 11.3 Å². The minimum Gasteiger partial charge on any atom is -0.368 e. The van der Waals surface area contributed by atoms with Gasteiger partial charge in [0.2, 0.25) is 0 Å². The fourth-order valence-electron chi connectivity index (χ4n) is 3.13. The maximum Gasteiger partial charge on any atom is 0.146 e. The molecule has 1 N–H and O–H groups in total. The average Bonchev–Trinajstić information content (AvgIpc) is 3.30. The molecule has 136 valence electrons. The summed E-state index contributed by atoms with van der Waals surface area (Å²) in [5.41, 5.74) is 2.44. The summed E-state index contributed by atoms with van der Waals surface area (Å²) in [6.07, 6.45) is 4.78. The molecular weight excluding hydrogens is 360 g/mol. The quantitative estimate of drug-likeness (QED) is 0.638. The third-order valence-corrected chi connectivity index (χ3v) is 7.13. The molecule has 2 aromatic heterocycles. The number of thiophene rings is 1. The number of hydrogen-bond acceptors (Lipinski definition) is 6. The molecule has 1 aliphatic rings. The number of nitrogens with one attached hydrogen (secondary N) is 1. The van der Waals surface area contributed by atoms with Crippen LogP contribution in [-0.2, 0) is 6.54 Å². The summed E-state index contributed by atoms with van der Waals surface area (Å²) < 4.78 is 0.391. The fraction of sp³-hybridized carbons (Fsp3) is 0.400. The molecule has 0 bridgehead atoms. The Balaban J connectivity index is 1.77. The molecule has 0 radical (unpaired) electrons. The number of nitrogens with zero attached hydrogens (tertiary/aromatic N) is 3. The number of rotatable bonds is 7. The van der Waals surface area contributed by atoms with Gasteiger partial charge in [-0.1, -0.05) is 30.3 Å². The number of hydrogen-bond donors (Lipinski definition) is 1. The average molecular weight is 385 g/mol. The second-order valence-electron chi connectivity index (χ2n) is 7.16. The van der Waals surface area contributed by atoms with Gasteiger partial charge in [-0.3, -0.25) is 0 Å². The minimum absolute atomic E-state index is 0.391. The molecule has 1 fully saturated rings. The zero-order valence-corrected chi connectivity index (χ0v) is 17.1. The number of anilines is 1. The first-order valence-corrected chi connectivity index (χ1v) is 11.0. The lowest BCUT2D eigenvalue weighted by Gasteiger charge is -2.16. The molecule has 3 aromatic rings. The SMILES string of the molecule is CSC1(CNc2nc(CN(C)C)nc3scc(-c4ccccc4)c23)CC1. The predicted octanol–water partition coefficient (Wildman–Crippen LogP) is 4.73. The second-order valence-corrected chi connectivity index (χ2v) is 9.29. The summed E-state index contributed by atoms with van der Waals surface area (Å²) in [6, 6.07) is 10.5. The minimum atomic E-state index is 0.391. The standard InChI is InChI=1S/C20H24N4S2/c1-24(2)11-16-22-18(21-13-20(25-3)9-10-20)17-15(12-26-19(17)23-16)14-7-5-4-6-8-14/h4-8,12H,9-11,13H2,1-3H3,(H,21,22,23). The number of fused-ring (bicyclic) bond motifs is 1. The van der Waals surface area contributed by atoms with Crippen molar-refractivity contribution in [2.75, 3.05) is 32.2 Å².